The maximum absolute atomic E-state index is 6.62. The van der Waals surface area contributed by atoms with Crippen LogP contribution in [0.25, 0.3) is 0 Å². The molecule has 0 radical (unpaired) electrons. The van der Waals surface area contributed by atoms with E-state index in [1.54, 1.807) is 0 Å². The van der Waals surface area contributed by atoms with Gasteiger partial charge < -0.3 is 10.2 Å². The highest BCUT2D eigenvalue weighted by molar-refractivity contribution is 6.31. The van der Waals surface area contributed by atoms with Crippen LogP contribution in [-0.2, 0) is 0 Å². The lowest BCUT2D eigenvalue weighted by atomic mass is 9.81. The first-order valence-corrected chi connectivity index (χ1v) is 8.10. The normalized spacial score (nSPS) is 18.6. The lowest BCUT2D eigenvalue weighted by Gasteiger charge is -2.43. The monoisotopic (exact) mass is 309 g/mol. The van der Waals surface area contributed by atoms with Gasteiger partial charge in [0.25, 0.3) is 0 Å². The molecule has 0 aliphatic carbocycles. The fraction of sp³-hybridized carbons (Fsp3) is 0.647. The molecule has 0 bridgehead atoms. The van der Waals surface area contributed by atoms with Crippen molar-refractivity contribution >= 4 is 17.3 Å². The molecule has 1 fully saturated rings. The topological polar surface area (TPSA) is 18.5 Å². The molecule has 0 spiro atoms. The number of nitrogens with one attached hydrogen (secondary N) is 1. The highest BCUT2D eigenvalue weighted by Crippen LogP contribution is 2.41. The lowest BCUT2D eigenvalue weighted by Crippen LogP contribution is -2.48. The zero-order chi connectivity index (χ0) is 15.6. The number of anilines is 1. The van der Waals surface area contributed by atoms with Crippen molar-refractivity contribution in [2.24, 2.45) is 5.41 Å². The third-order valence-corrected chi connectivity index (χ3v) is 4.46. The first-order valence-electron chi connectivity index (χ1n) is 7.72. The molecule has 0 aromatic heterocycles. The Morgan fingerprint density at radius 3 is 2.29 bits per heavy atom. The number of rotatable bonds is 3. The van der Waals surface area contributed by atoms with Crippen molar-refractivity contribution in [2.75, 3.05) is 45.2 Å². The van der Waals surface area contributed by atoms with E-state index in [1.165, 1.54) is 5.56 Å². The second-order valence-corrected chi connectivity index (χ2v) is 7.56. The van der Waals surface area contributed by atoms with E-state index in [4.69, 9.17) is 11.6 Å². The van der Waals surface area contributed by atoms with Crippen molar-refractivity contribution < 1.29 is 0 Å². The van der Waals surface area contributed by atoms with Crippen molar-refractivity contribution in [3.05, 3.63) is 28.8 Å². The third kappa shape index (κ3) is 3.91. The van der Waals surface area contributed by atoms with E-state index in [0.717, 1.165) is 36.9 Å². The molecule has 1 heterocycles. The average Bonchev–Trinajstić information content (AvgIpc) is 2.40. The summed E-state index contributed by atoms with van der Waals surface area (Å²) in [4.78, 5) is 4.65. The lowest BCUT2D eigenvalue weighted by molar-refractivity contribution is 0.0863. The Labute approximate surface area is 134 Å². The van der Waals surface area contributed by atoms with Gasteiger partial charge in [0.1, 0.15) is 0 Å². The molecule has 1 aromatic rings. The summed E-state index contributed by atoms with van der Waals surface area (Å²) >= 11 is 6.62. The predicted octanol–water partition coefficient (Wildman–Crippen LogP) is 3.40. The van der Waals surface area contributed by atoms with Crippen LogP contribution >= 0.6 is 11.6 Å². The van der Waals surface area contributed by atoms with E-state index in [1.807, 2.05) is 14.1 Å². The molecule has 21 heavy (non-hydrogen) atoms. The zero-order valence-electron chi connectivity index (χ0n) is 13.9. The Morgan fingerprint density at radius 2 is 1.81 bits per heavy atom. The summed E-state index contributed by atoms with van der Waals surface area (Å²) in [5, 5.41) is 4.30. The molecule has 1 atom stereocenters. The SMILES string of the molecule is CN(C)c1ccc([C@@H](N2CCNCC2)C(C)(C)C)c(Cl)c1. The Morgan fingerprint density at radius 1 is 1.19 bits per heavy atom. The minimum absolute atomic E-state index is 0.153. The zero-order valence-corrected chi connectivity index (χ0v) is 14.7. The Balaban J connectivity index is 2.37. The summed E-state index contributed by atoms with van der Waals surface area (Å²) in [5.41, 5.74) is 2.55. The fourth-order valence-corrected chi connectivity index (χ4v) is 3.45. The van der Waals surface area contributed by atoms with Gasteiger partial charge in [-0.05, 0) is 23.1 Å². The maximum Gasteiger partial charge on any atom is 0.0474 e. The van der Waals surface area contributed by atoms with Gasteiger partial charge in [0.05, 0.1) is 0 Å². The first kappa shape index (κ1) is 16.6. The molecule has 0 saturated carbocycles. The summed E-state index contributed by atoms with van der Waals surface area (Å²) in [7, 11) is 4.09. The number of halogens is 1. The molecule has 1 aromatic carbocycles. The smallest absolute Gasteiger partial charge is 0.0474 e. The summed E-state index contributed by atoms with van der Waals surface area (Å²) in [6, 6.07) is 6.80. The molecule has 3 nitrogen and oxygen atoms in total. The van der Waals surface area contributed by atoms with Gasteiger partial charge in [0, 0.05) is 57.0 Å². The average molecular weight is 310 g/mol. The van der Waals surface area contributed by atoms with Gasteiger partial charge >= 0.3 is 0 Å². The van der Waals surface area contributed by atoms with Gasteiger partial charge in [-0.15, -0.1) is 0 Å². The van der Waals surface area contributed by atoms with E-state index < -0.39 is 0 Å². The second kappa shape index (κ2) is 6.55. The molecular formula is C17H28ClN3. The molecule has 1 N–H and O–H groups in total. The first-order chi connectivity index (χ1) is 9.80. The van der Waals surface area contributed by atoms with Crippen LogP contribution in [0, 0.1) is 5.41 Å². The van der Waals surface area contributed by atoms with Crippen molar-refractivity contribution in [2.45, 2.75) is 26.8 Å². The number of nitrogens with zero attached hydrogens (tertiary/aromatic N) is 2. The van der Waals surface area contributed by atoms with Crippen LogP contribution in [0.1, 0.15) is 32.4 Å². The van der Waals surface area contributed by atoms with Crippen molar-refractivity contribution in [3.8, 4) is 0 Å². The van der Waals surface area contributed by atoms with E-state index in [9.17, 15) is 0 Å². The minimum atomic E-state index is 0.153. The van der Waals surface area contributed by atoms with Crippen LogP contribution < -0.4 is 10.2 Å². The largest absolute Gasteiger partial charge is 0.378 e. The molecule has 1 aliphatic rings. The van der Waals surface area contributed by atoms with Crippen molar-refractivity contribution in [1.29, 1.82) is 0 Å². The highest BCUT2D eigenvalue weighted by atomic mass is 35.5. The Bertz CT molecular complexity index is 473. The molecule has 0 unspecified atom stereocenters. The van der Waals surface area contributed by atoms with E-state index in [-0.39, 0.29) is 5.41 Å². The van der Waals surface area contributed by atoms with Gasteiger partial charge in [-0.2, -0.15) is 0 Å². The fourth-order valence-electron chi connectivity index (χ4n) is 3.17. The van der Waals surface area contributed by atoms with Crippen molar-refractivity contribution in [1.82, 2.24) is 10.2 Å². The standard InChI is InChI=1S/C17H28ClN3/c1-17(2,3)16(21-10-8-19-9-11-21)14-7-6-13(20(4)5)12-15(14)18/h6-7,12,16,19H,8-11H2,1-5H3/t16-/m1/s1. The predicted molar refractivity (Wildman–Crippen MR) is 92.4 cm³/mol. The quantitative estimate of drug-likeness (QED) is 0.923. The summed E-state index contributed by atoms with van der Waals surface area (Å²) in [6.45, 7) is 11.2. The summed E-state index contributed by atoms with van der Waals surface area (Å²) in [6.07, 6.45) is 0. The van der Waals surface area contributed by atoms with Gasteiger partial charge in [-0.25, -0.2) is 0 Å². The van der Waals surface area contributed by atoms with Crippen LogP contribution in [0.2, 0.25) is 5.02 Å². The second-order valence-electron chi connectivity index (χ2n) is 7.15. The van der Waals surface area contributed by atoms with E-state index >= 15 is 0 Å². The van der Waals surface area contributed by atoms with Crippen LogP contribution in [0.15, 0.2) is 18.2 Å². The maximum atomic E-state index is 6.62. The van der Waals surface area contributed by atoms with Crippen LogP contribution in [0.3, 0.4) is 0 Å². The van der Waals surface area contributed by atoms with Gasteiger partial charge in [-0.1, -0.05) is 38.4 Å². The molecule has 118 valence electrons. The highest BCUT2D eigenvalue weighted by Gasteiger charge is 2.33. The number of hydrogen-bond donors (Lipinski definition) is 1. The van der Waals surface area contributed by atoms with E-state index in [0.29, 0.717) is 6.04 Å². The van der Waals surface area contributed by atoms with Gasteiger partial charge in [0.15, 0.2) is 0 Å². The molecule has 2 rings (SSSR count). The number of hydrogen-bond acceptors (Lipinski definition) is 3. The molecule has 4 heteroatoms. The van der Waals surface area contributed by atoms with Crippen LogP contribution in [-0.4, -0.2) is 45.2 Å². The molecule has 1 saturated heterocycles. The Hall–Kier alpha value is -0.770. The van der Waals surface area contributed by atoms with Gasteiger partial charge in [0.2, 0.25) is 0 Å². The van der Waals surface area contributed by atoms with Gasteiger partial charge in [-0.3, -0.25) is 4.90 Å². The Kier molecular flexibility index (Phi) is 5.18. The number of benzene rings is 1. The van der Waals surface area contributed by atoms with Crippen LogP contribution in [0.5, 0.6) is 0 Å². The minimum Gasteiger partial charge on any atom is -0.378 e. The van der Waals surface area contributed by atoms with Crippen molar-refractivity contribution in [3.63, 3.8) is 0 Å². The summed E-state index contributed by atoms with van der Waals surface area (Å²) in [5.74, 6) is 0. The molecule has 0 amide bonds. The number of piperazine rings is 1. The molecular weight excluding hydrogens is 282 g/mol. The summed E-state index contributed by atoms with van der Waals surface area (Å²) < 4.78 is 0. The van der Waals surface area contributed by atoms with Crippen LogP contribution in [0.4, 0.5) is 5.69 Å². The third-order valence-electron chi connectivity index (χ3n) is 4.13. The van der Waals surface area contributed by atoms with E-state index in [2.05, 4.69) is 54.1 Å². The molecule has 1 aliphatic heterocycles.